The van der Waals surface area contributed by atoms with Gasteiger partial charge in [0.1, 0.15) is 0 Å². The quantitative estimate of drug-likeness (QED) is 0.345. The molecule has 1 saturated heterocycles. The standard InChI is InChI=1S/C31H33ClN6O4/c1-36-14-16-38(17-15-36)19-27(39)37(2)24-11-9-22(10-12-24)33-29(20-4-7-23(8-5-20)34-31(41)42-3)28-25-13-6-21(32)18-26(25)35-30(28)40/h4-13,18,33H,14-17,19H2,1-3H3,(H,34,41)(H,35,40). The summed E-state index contributed by atoms with van der Waals surface area (Å²) in [5, 5.41) is 9.46. The fraction of sp³-hybridized carbons (Fsp3) is 0.258. The van der Waals surface area contributed by atoms with Gasteiger partial charge in [0.25, 0.3) is 5.91 Å². The molecule has 2 aliphatic rings. The predicted molar refractivity (Wildman–Crippen MR) is 167 cm³/mol. The van der Waals surface area contributed by atoms with Gasteiger partial charge >= 0.3 is 6.09 Å². The van der Waals surface area contributed by atoms with E-state index in [9.17, 15) is 14.4 Å². The molecule has 0 unspecified atom stereocenters. The first kappa shape index (κ1) is 29.1. The van der Waals surface area contributed by atoms with Crippen LogP contribution in [0.15, 0.2) is 66.7 Å². The van der Waals surface area contributed by atoms with E-state index in [0.717, 1.165) is 48.7 Å². The van der Waals surface area contributed by atoms with Crippen molar-refractivity contribution in [2.24, 2.45) is 0 Å². The number of methoxy groups -OCH3 is 1. The zero-order chi connectivity index (χ0) is 29.8. The first-order valence-corrected chi connectivity index (χ1v) is 13.9. The molecule has 0 atom stereocenters. The van der Waals surface area contributed by atoms with Gasteiger partial charge < -0.3 is 25.2 Å². The minimum Gasteiger partial charge on any atom is -0.453 e. The predicted octanol–water partition coefficient (Wildman–Crippen LogP) is 4.66. The summed E-state index contributed by atoms with van der Waals surface area (Å²) >= 11 is 6.18. The first-order chi connectivity index (χ1) is 20.2. The van der Waals surface area contributed by atoms with E-state index in [1.54, 1.807) is 48.3 Å². The Morgan fingerprint density at radius 2 is 1.60 bits per heavy atom. The molecule has 3 aromatic carbocycles. The molecule has 0 spiro atoms. The molecule has 11 heteroatoms. The van der Waals surface area contributed by atoms with E-state index in [0.29, 0.717) is 34.2 Å². The van der Waals surface area contributed by atoms with Crippen LogP contribution >= 0.6 is 11.6 Å². The van der Waals surface area contributed by atoms with Crippen molar-refractivity contribution in [1.29, 1.82) is 0 Å². The van der Waals surface area contributed by atoms with E-state index >= 15 is 0 Å². The van der Waals surface area contributed by atoms with Crippen LogP contribution in [-0.2, 0) is 14.3 Å². The van der Waals surface area contributed by atoms with Crippen LogP contribution in [-0.4, -0.2) is 81.6 Å². The Bertz CT molecular complexity index is 1520. The first-order valence-electron chi connectivity index (χ1n) is 13.6. The summed E-state index contributed by atoms with van der Waals surface area (Å²) in [5.74, 6) is -0.237. The number of halogens is 1. The average Bonchev–Trinajstić information content (AvgIpc) is 3.31. The highest BCUT2D eigenvalue weighted by Gasteiger charge is 2.29. The van der Waals surface area contributed by atoms with E-state index in [4.69, 9.17) is 11.6 Å². The van der Waals surface area contributed by atoms with E-state index < -0.39 is 6.09 Å². The number of likely N-dealkylation sites (N-methyl/N-ethyl adjacent to an activating group) is 2. The van der Waals surface area contributed by atoms with E-state index in [1.165, 1.54) is 7.11 Å². The van der Waals surface area contributed by atoms with Crippen molar-refractivity contribution in [2.45, 2.75) is 0 Å². The lowest BCUT2D eigenvalue weighted by Gasteiger charge is -2.32. The van der Waals surface area contributed by atoms with Gasteiger partial charge in [-0.1, -0.05) is 29.8 Å². The summed E-state index contributed by atoms with van der Waals surface area (Å²) in [4.78, 5) is 43.9. The van der Waals surface area contributed by atoms with Crippen LogP contribution in [0.4, 0.5) is 27.5 Å². The van der Waals surface area contributed by atoms with Crippen LogP contribution in [0.1, 0.15) is 11.1 Å². The van der Waals surface area contributed by atoms with Gasteiger partial charge in [-0.2, -0.15) is 0 Å². The summed E-state index contributed by atoms with van der Waals surface area (Å²) in [6.45, 7) is 4.03. The van der Waals surface area contributed by atoms with Gasteiger partial charge in [-0.15, -0.1) is 0 Å². The number of piperazine rings is 1. The largest absolute Gasteiger partial charge is 0.453 e. The number of nitrogens with zero attached hydrogens (tertiary/aromatic N) is 3. The summed E-state index contributed by atoms with van der Waals surface area (Å²) in [6, 6.07) is 19.8. The van der Waals surface area contributed by atoms with Gasteiger partial charge in [0, 0.05) is 60.9 Å². The fourth-order valence-corrected chi connectivity index (χ4v) is 5.09. The molecule has 0 radical (unpaired) electrons. The number of rotatable bonds is 7. The lowest BCUT2D eigenvalue weighted by atomic mass is 9.99. The zero-order valence-electron chi connectivity index (χ0n) is 23.7. The smallest absolute Gasteiger partial charge is 0.411 e. The molecule has 0 aromatic heterocycles. The summed E-state index contributed by atoms with van der Waals surface area (Å²) in [6.07, 6.45) is -0.576. The van der Waals surface area contributed by atoms with Gasteiger partial charge in [0.2, 0.25) is 5.91 Å². The zero-order valence-corrected chi connectivity index (χ0v) is 24.5. The Morgan fingerprint density at radius 1 is 0.952 bits per heavy atom. The maximum absolute atomic E-state index is 13.2. The number of ether oxygens (including phenoxy) is 1. The van der Waals surface area contributed by atoms with Crippen molar-refractivity contribution in [3.05, 3.63) is 82.9 Å². The number of amides is 3. The van der Waals surface area contributed by atoms with Gasteiger partial charge in [0.15, 0.2) is 0 Å². The molecule has 0 bridgehead atoms. The molecule has 3 N–H and O–H groups in total. The average molecular weight is 589 g/mol. The number of hydrogen-bond donors (Lipinski definition) is 3. The third-order valence-corrected chi connectivity index (χ3v) is 7.67. The molecule has 5 rings (SSSR count). The second-order valence-corrected chi connectivity index (χ2v) is 10.7. The molecule has 3 amide bonds. The number of carbonyl (C=O) groups is 3. The van der Waals surface area contributed by atoms with Crippen LogP contribution in [0, 0.1) is 0 Å². The SMILES string of the molecule is COC(=O)Nc1ccc(C(Nc2ccc(N(C)C(=O)CN3CCN(C)CC3)cc2)=C2C(=O)Nc3cc(Cl)ccc32)cc1. The molecule has 0 aliphatic carbocycles. The molecule has 42 heavy (non-hydrogen) atoms. The highest BCUT2D eigenvalue weighted by molar-refractivity contribution is 6.38. The second-order valence-electron chi connectivity index (χ2n) is 10.3. The van der Waals surface area contributed by atoms with E-state index in [-0.39, 0.29) is 11.8 Å². The Morgan fingerprint density at radius 3 is 2.26 bits per heavy atom. The third kappa shape index (κ3) is 6.57. The van der Waals surface area contributed by atoms with Crippen molar-refractivity contribution in [3.63, 3.8) is 0 Å². The number of anilines is 4. The van der Waals surface area contributed by atoms with Gasteiger partial charge in [-0.25, -0.2) is 4.79 Å². The topological polar surface area (TPSA) is 106 Å². The fourth-order valence-electron chi connectivity index (χ4n) is 4.92. The van der Waals surface area contributed by atoms with Gasteiger partial charge in [-0.05, 0) is 61.1 Å². The van der Waals surface area contributed by atoms with Crippen molar-refractivity contribution in [3.8, 4) is 0 Å². The number of benzene rings is 3. The Hall–Kier alpha value is -4.38. The van der Waals surface area contributed by atoms with Crippen molar-refractivity contribution < 1.29 is 19.1 Å². The number of carbonyl (C=O) groups excluding carboxylic acids is 3. The van der Waals surface area contributed by atoms with Gasteiger partial charge in [0.05, 0.1) is 30.6 Å². The van der Waals surface area contributed by atoms with Crippen molar-refractivity contribution in [1.82, 2.24) is 9.80 Å². The van der Waals surface area contributed by atoms with Crippen molar-refractivity contribution in [2.75, 3.05) is 74.8 Å². The minimum absolute atomic E-state index is 0.0293. The molecule has 10 nitrogen and oxygen atoms in total. The lowest BCUT2D eigenvalue weighted by Crippen LogP contribution is -2.48. The maximum Gasteiger partial charge on any atom is 0.411 e. The lowest BCUT2D eigenvalue weighted by molar-refractivity contribution is -0.119. The van der Waals surface area contributed by atoms with Gasteiger partial charge in [-0.3, -0.25) is 19.8 Å². The van der Waals surface area contributed by atoms with E-state index in [2.05, 4.69) is 37.5 Å². The van der Waals surface area contributed by atoms with Crippen LogP contribution in [0.2, 0.25) is 5.02 Å². The normalized spacial score (nSPS) is 16.3. The summed E-state index contributed by atoms with van der Waals surface area (Å²) < 4.78 is 4.67. The summed E-state index contributed by atoms with van der Waals surface area (Å²) in [7, 11) is 5.17. The Labute approximate surface area is 249 Å². The second kappa shape index (κ2) is 12.6. The van der Waals surface area contributed by atoms with Crippen LogP contribution in [0.3, 0.4) is 0 Å². The van der Waals surface area contributed by atoms with E-state index in [1.807, 2.05) is 30.3 Å². The minimum atomic E-state index is -0.576. The van der Waals surface area contributed by atoms with Crippen LogP contribution in [0.25, 0.3) is 11.3 Å². The Balaban J connectivity index is 1.40. The molecule has 1 fully saturated rings. The number of fused-ring (bicyclic) bond motifs is 1. The summed E-state index contributed by atoms with van der Waals surface area (Å²) in [5.41, 5.74) is 5.15. The Kier molecular flexibility index (Phi) is 8.77. The van der Waals surface area contributed by atoms with Crippen molar-refractivity contribution >= 4 is 63.5 Å². The third-order valence-electron chi connectivity index (χ3n) is 7.43. The highest BCUT2D eigenvalue weighted by Crippen LogP contribution is 2.39. The monoisotopic (exact) mass is 588 g/mol. The number of nitrogens with one attached hydrogen (secondary N) is 3. The molecular formula is C31H33ClN6O4. The van der Waals surface area contributed by atoms with Crippen LogP contribution in [0.5, 0.6) is 0 Å². The molecule has 3 aromatic rings. The molecule has 218 valence electrons. The highest BCUT2D eigenvalue weighted by atomic mass is 35.5. The molecular weight excluding hydrogens is 556 g/mol. The van der Waals surface area contributed by atoms with Crippen LogP contribution < -0.4 is 20.9 Å². The number of hydrogen-bond acceptors (Lipinski definition) is 7. The maximum atomic E-state index is 13.2. The molecule has 2 heterocycles. The molecule has 0 saturated carbocycles. The molecule has 2 aliphatic heterocycles.